The lowest BCUT2D eigenvalue weighted by Gasteiger charge is -2.09. The molecule has 114 valence electrons. The van der Waals surface area contributed by atoms with Crippen LogP contribution in [0.3, 0.4) is 0 Å². The second-order valence-corrected chi connectivity index (χ2v) is 7.80. The average Bonchev–Trinajstić information content (AvgIpc) is 2.82. The Morgan fingerprint density at radius 2 is 1.77 bits per heavy atom. The third kappa shape index (κ3) is 2.67. The van der Waals surface area contributed by atoms with E-state index in [0.717, 1.165) is 6.26 Å². The van der Waals surface area contributed by atoms with Crippen LogP contribution in [-0.2, 0) is 9.84 Å². The van der Waals surface area contributed by atoms with Crippen molar-refractivity contribution in [2.24, 2.45) is 0 Å². The molecular formula is C13H8Cl3N3O2S. The molecule has 0 saturated carbocycles. The number of rotatable bonds is 2. The van der Waals surface area contributed by atoms with Gasteiger partial charge in [-0.2, -0.15) is 5.10 Å². The van der Waals surface area contributed by atoms with Crippen molar-refractivity contribution >= 4 is 55.5 Å². The van der Waals surface area contributed by atoms with Gasteiger partial charge in [0.25, 0.3) is 0 Å². The van der Waals surface area contributed by atoms with E-state index in [1.807, 2.05) is 0 Å². The largest absolute Gasteiger partial charge is 0.244 e. The zero-order valence-corrected chi connectivity index (χ0v) is 14.2. The number of sulfone groups is 1. The summed E-state index contributed by atoms with van der Waals surface area (Å²) in [6, 6.07) is 4.37. The number of fused-ring (bicyclic) bond motifs is 1. The highest BCUT2D eigenvalue weighted by atomic mass is 35.5. The van der Waals surface area contributed by atoms with E-state index >= 15 is 0 Å². The molecule has 1 aromatic carbocycles. The molecule has 3 rings (SSSR count). The Morgan fingerprint density at radius 3 is 2.32 bits per heavy atom. The molecule has 0 radical (unpaired) electrons. The number of hydrogen-bond donors (Lipinski definition) is 0. The van der Waals surface area contributed by atoms with E-state index in [9.17, 15) is 8.42 Å². The molecule has 0 atom stereocenters. The molecule has 2 heterocycles. The number of benzene rings is 1. The van der Waals surface area contributed by atoms with Crippen LogP contribution in [0.1, 0.15) is 0 Å². The molecule has 3 aromatic rings. The number of nitrogens with zero attached hydrogens (tertiary/aromatic N) is 3. The molecule has 0 aliphatic carbocycles. The number of pyridine rings is 1. The Kier molecular flexibility index (Phi) is 3.81. The van der Waals surface area contributed by atoms with Crippen LogP contribution in [0.15, 0.2) is 35.5 Å². The third-order valence-electron chi connectivity index (χ3n) is 3.03. The Bertz CT molecular complexity index is 976. The Hall–Kier alpha value is -1.34. The van der Waals surface area contributed by atoms with Crippen molar-refractivity contribution in [2.75, 3.05) is 6.26 Å². The Balaban J connectivity index is 2.25. The molecule has 9 heteroatoms. The van der Waals surface area contributed by atoms with Crippen LogP contribution in [0.25, 0.3) is 16.6 Å². The molecule has 22 heavy (non-hydrogen) atoms. The zero-order valence-electron chi connectivity index (χ0n) is 11.1. The van der Waals surface area contributed by atoms with E-state index in [1.54, 1.807) is 12.3 Å². The molecule has 0 spiro atoms. The van der Waals surface area contributed by atoms with Crippen molar-refractivity contribution in [3.63, 3.8) is 0 Å². The highest BCUT2D eigenvalue weighted by Gasteiger charge is 2.17. The average molecular weight is 377 g/mol. The summed E-state index contributed by atoms with van der Waals surface area (Å²) in [6.07, 6.45) is 4.26. The van der Waals surface area contributed by atoms with Crippen molar-refractivity contribution in [1.29, 1.82) is 0 Å². The first kappa shape index (κ1) is 15.6. The minimum atomic E-state index is -3.41. The van der Waals surface area contributed by atoms with E-state index in [2.05, 4.69) is 10.1 Å². The van der Waals surface area contributed by atoms with E-state index in [0.29, 0.717) is 21.7 Å². The van der Waals surface area contributed by atoms with Gasteiger partial charge in [0, 0.05) is 18.6 Å². The number of halogens is 3. The molecule has 0 aliphatic rings. The van der Waals surface area contributed by atoms with Crippen LogP contribution in [-0.4, -0.2) is 29.4 Å². The van der Waals surface area contributed by atoms with Crippen LogP contribution >= 0.6 is 34.8 Å². The van der Waals surface area contributed by atoms with Gasteiger partial charge in [0.2, 0.25) is 0 Å². The Labute approximate surface area is 141 Å². The molecular weight excluding hydrogens is 369 g/mol. The maximum Gasteiger partial charge on any atom is 0.175 e. The van der Waals surface area contributed by atoms with Gasteiger partial charge in [-0.25, -0.2) is 18.1 Å². The summed E-state index contributed by atoms with van der Waals surface area (Å²) < 4.78 is 24.7. The maximum absolute atomic E-state index is 11.6. The molecule has 0 fully saturated rings. The molecule has 0 aliphatic heterocycles. The normalized spacial score (nSPS) is 12.0. The van der Waals surface area contributed by atoms with Gasteiger partial charge in [0.15, 0.2) is 9.84 Å². The van der Waals surface area contributed by atoms with Gasteiger partial charge in [-0.05, 0) is 18.2 Å². The lowest BCUT2D eigenvalue weighted by molar-refractivity contribution is 0.602. The van der Waals surface area contributed by atoms with E-state index in [1.165, 1.54) is 23.0 Å². The van der Waals surface area contributed by atoms with Crippen molar-refractivity contribution in [1.82, 2.24) is 14.8 Å². The predicted molar refractivity (Wildman–Crippen MR) is 87.0 cm³/mol. The van der Waals surface area contributed by atoms with Crippen LogP contribution < -0.4 is 0 Å². The second-order valence-electron chi connectivity index (χ2n) is 4.62. The topological polar surface area (TPSA) is 64.8 Å². The first-order chi connectivity index (χ1) is 10.3. The van der Waals surface area contributed by atoms with Gasteiger partial charge in [-0.3, -0.25) is 0 Å². The van der Waals surface area contributed by atoms with Gasteiger partial charge in [0.1, 0.15) is 10.8 Å². The standard InChI is InChI=1S/C13H8Cl3N3O2S/c1-22(20,21)7-4-9(14)12(10(15)5-7)19-6-8-11(18-19)2-3-17-13(8)16/h2-6H,1H3. The molecule has 2 aromatic heterocycles. The number of aromatic nitrogens is 3. The second kappa shape index (κ2) is 5.38. The Morgan fingerprint density at radius 1 is 1.14 bits per heavy atom. The minimum Gasteiger partial charge on any atom is -0.244 e. The van der Waals surface area contributed by atoms with E-state index < -0.39 is 9.84 Å². The highest BCUT2D eigenvalue weighted by molar-refractivity contribution is 7.90. The monoisotopic (exact) mass is 375 g/mol. The minimum absolute atomic E-state index is 0.0441. The van der Waals surface area contributed by atoms with Crippen LogP contribution in [0.5, 0.6) is 0 Å². The summed E-state index contributed by atoms with van der Waals surface area (Å²) in [5, 5.41) is 5.62. The van der Waals surface area contributed by atoms with E-state index in [-0.39, 0.29) is 14.9 Å². The zero-order chi connectivity index (χ0) is 16.1. The molecule has 0 bridgehead atoms. The maximum atomic E-state index is 11.6. The first-order valence-corrected chi connectivity index (χ1v) is 8.99. The summed E-state index contributed by atoms with van der Waals surface area (Å²) in [5.74, 6) is 0. The smallest absolute Gasteiger partial charge is 0.175 e. The van der Waals surface area contributed by atoms with Crippen molar-refractivity contribution in [2.45, 2.75) is 4.90 Å². The molecule has 5 nitrogen and oxygen atoms in total. The van der Waals surface area contributed by atoms with Gasteiger partial charge in [0.05, 0.1) is 25.8 Å². The summed E-state index contributed by atoms with van der Waals surface area (Å²) in [4.78, 5) is 4.02. The lowest BCUT2D eigenvalue weighted by atomic mass is 10.3. The fraction of sp³-hybridized carbons (Fsp3) is 0.0769. The van der Waals surface area contributed by atoms with E-state index in [4.69, 9.17) is 34.8 Å². The van der Waals surface area contributed by atoms with Gasteiger partial charge < -0.3 is 0 Å². The predicted octanol–water partition coefficient (Wildman–Crippen LogP) is 3.78. The fourth-order valence-corrected chi connectivity index (χ4v) is 3.66. The van der Waals surface area contributed by atoms with Crippen molar-refractivity contribution in [3.8, 4) is 5.69 Å². The van der Waals surface area contributed by atoms with Crippen LogP contribution in [0.4, 0.5) is 0 Å². The lowest BCUT2D eigenvalue weighted by Crippen LogP contribution is -2.01. The SMILES string of the molecule is CS(=O)(=O)c1cc(Cl)c(-n2cc3c(Cl)nccc3n2)c(Cl)c1. The van der Waals surface area contributed by atoms with Gasteiger partial charge in [-0.1, -0.05) is 34.8 Å². The summed E-state index contributed by atoms with van der Waals surface area (Å²) >= 11 is 18.4. The molecule has 0 unspecified atom stereocenters. The highest BCUT2D eigenvalue weighted by Crippen LogP contribution is 2.33. The van der Waals surface area contributed by atoms with Crippen LogP contribution in [0.2, 0.25) is 15.2 Å². The number of hydrogen-bond acceptors (Lipinski definition) is 4. The van der Waals surface area contributed by atoms with Crippen LogP contribution in [0, 0.1) is 0 Å². The fourth-order valence-electron chi connectivity index (χ4n) is 2.00. The van der Waals surface area contributed by atoms with Gasteiger partial charge in [-0.15, -0.1) is 0 Å². The molecule has 0 N–H and O–H groups in total. The quantitative estimate of drug-likeness (QED) is 0.638. The molecule has 0 saturated heterocycles. The summed E-state index contributed by atoms with van der Waals surface area (Å²) in [7, 11) is -3.41. The molecule has 0 amide bonds. The summed E-state index contributed by atoms with van der Waals surface area (Å²) in [5.41, 5.74) is 1.00. The third-order valence-corrected chi connectivity index (χ3v) is 5.00. The summed E-state index contributed by atoms with van der Waals surface area (Å²) in [6.45, 7) is 0. The van der Waals surface area contributed by atoms with Gasteiger partial charge >= 0.3 is 0 Å². The van der Waals surface area contributed by atoms with Crippen molar-refractivity contribution < 1.29 is 8.42 Å². The first-order valence-electron chi connectivity index (χ1n) is 5.97. The van der Waals surface area contributed by atoms with Crippen molar-refractivity contribution in [3.05, 3.63) is 45.8 Å².